The summed E-state index contributed by atoms with van der Waals surface area (Å²) in [6, 6.07) is 8.49. The summed E-state index contributed by atoms with van der Waals surface area (Å²) in [7, 11) is 0. The highest BCUT2D eigenvalue weighted by atomic mass is 14.0. The summed E-state index contributed by atoms with van der Waals surface area (Å²) in [5.74, 6) is 0. The van der Waals surface area contributed by atoms with Gasteiger partial charge >= 0.3 is 0 Å². The Hall–Kier alpha value is -1.04. The van der Waals surface area contributed by atoms with Gasteiger partial charge in [0.1, 0.15) is 0 Å². The van der Waals surface area contributed by atoms with Crippen LogP contribution in [0.15, 0.2) is 30.3 Å². The molecule has 0 heteroatoms. The highest BCUT2D eigenvalue weighted by Gasteiger charge is 1.92. The lowest BCUT2D eigenvalue weighted by molar-refractivity contribution is 1.13. The minimum absolute atomic E-state index is 1.11. The summed E-state index contributed by atoms with van der Waals surface area (Å²) in [5, 5.41) is 0. The molecular weight excluding hydrogens is 156 g/mol. The van der Waals surface area contributed by atoms with Crippen molar-refractivity contribution in [3.8, 4) is 0 Å². The van der Waals surface area contributed by atoms with Crippen LogP contribution in [-0.4, -0.2) is 0 Å². The second-order valence-corrected chi connectivity index (χ2v) is 2.55. The fourth-order valence-electron chi connectivity index (χ4n) is 1.20. The monoisotopic (exact) mass is 176 g/mol. The molecule has 0 fully saturated rings. The van der Waals surface area contributed by atoms with Crippen LogP contribution in [0.4, 0.5) is 0 Å². The number of rotatable bonds is 2. The van der Waals surface area contributed by atoms with Crippen LogP contribution in [0.2, 0.25) is 0 Å². The van der Waals surface area contributed by atoms with E-state index in [0.29, 0.717) is 0 Å². The SMILES string of the molecule is C/C=C\c1ccccc1CC.CC. The van der Waals surface area contributed by atoms with Crippen molar-refractivity contribution in [2.75, 3.05) is 0 Å². The van der Waals surface area contributed by atoms with Gasteiger partial charge in [-0.05, 0) is 24.5 Å². The normalized spacial score (nSPS) is 9.54. The van der Waals surface area contributed by atoms with Gasteiger partial charge in [-0.1, -0.05) is 57.2 Å². The van der Waals surface area contributed by atoms with Crippen molar-refractivity contribution in [2.24, 2.45) is 0 Å². The van der Waals surface area contributed by atoms with Crippen LogP contribution in [0, 0.1) is 0 Å². The molecule has 0 radical (unpaired) electrons. The molecule has 0 saturated carbocycles. The first-order valence-electron chi connectivity index (χ1n) is 5.09. The standard InChI is InChI=1S/C11H14.C2H6/c1-3-7-11-9-6-5-8-10(11)4-2;1-2/h3,5-9H,4H2,1-2H3;1-2H3/b7-3-;. The Kier molecular flexibility index (Phi) is 6.99. The van der Waals surface area contributed by atoms with E-state index in [1.165, 1.54) is 11.1 Å². The second-order valence-electron chi connectivity index (χ2n) is 2.55. The van der Waals surface area contributed by atoms with Crippen LogP contribution in [0.1, 0.15) is 38.8 Å². The third-order valence-corrected chi connectivity index (χ3v) is 1.78. The van der Waals surface area contributed by atoms with Crippen molar-refractivity contribution < 1.29 is 0 Å². The van der Waals surface area contributed by atoms with E-state index in [2.05, 4.69) is 43.3 Å². The minimum Gasteiger partial charge on any atom is -0.0871 e. The highest BCUT2D eigenvalue weighted by Crippen LogP contribution is 2.10. The van der Waals surface area contributed by atoms with E-state index in [4.69, 9.17) is 0 Å². The Labute approximate surface area is 82.3 Å². The molecule has 0 saturated heterocycles. The predicted molar refractivity (Wildman–Crippen MR) is 61.9 cm³/mol. The fourth-order valence-corrected chi connectivity index (χ4v) is 1.20. The number of aryl methyl sites for hydroxylation is 1. The highest BCUT2D eigenvalue weighted by molar-refractivity contribution is 5.53. The van der Waals surface area contributed by atoms with Crippen LogP contribution >= 0.6 is 0 Å². The summed E-state index contributed by atoms with van der Waals surface area (Å²) >= 11 is 0. The van der Waals surface area contributed by atoms with E-state index in [0.717, 1.165) is 6.42 Å². The number of hydrogen-bond donors (Lipinski definition) is 0. The lowest BCUT2D eigenvalue weighted by Crippen LogP contribution is -1.83. The summed E-state index contributed by atoms with van der Waals surface area (Å²) in [6.07, 6.45) is 5.34. The second kappa shape index (κ2) is 7.60. The molecular formula is C13H20. The molecule has 1 rings (SSSR count). The quantitative estimate of drug-likeness (QED) is 0.630. The number of allylic oxidation sites excluding steroid dienone is 1. The van der Waals surface area contributed by atoms with E-state index in [1.54, 1.807) is 0 Å². The molecule has 0 nitrogen and oxygen atoms in total. The van der Waals surface area contributed by atoms with Crippen LogP contribution in [0.5, 0.6) is 0 Å². The Morgan fingerprint density at radius 1 is 1.15 bits per heavy atom. The predicted octanol–water partition coefficient (Wildman–Crippen LogP) is 4.31. The van der Waals surface area contributed by atoms with Crippen molar-refractivity contribution in [3.05, 3.63) is 41.5 Å². The molecule has 0 bridgehead atoms. The maximum Gasteiger partial charge on any atom is -0.0228 e. The van der Waals surface area contributed by atoms with Gasteiger partial charge in [0.25, 0.3) is 0 Å². The van der Waals surface area contributed by atoms with E-state index >= 15 is 0 Å². The molecule has 0 atom stereocenters. The summed E-state index contributed by atoms with van der Waals surface area (Å²) in [4.78, 5) is 0. The smallest absolute Gasteiger partial charge is 0.0228 e. The first-order chi connectivity index (χ1) is 6.38. The van der Waals surface area contributed by atoms with E-state index in [1.807, 2.05) is 20.8 Å². The molecule has 0 aromatic heterocycles. The van der Waals surface area contributed by atoms with Gasteiger partial charge in [-0.25, -0.2) is 0 Å². The van der Waals surface area contributed by atoms with Crippen molar-refractivity contribution in [2.45, 2.75) is 34.1 Å². The molecule has 0 aliphatic rings. The molecule has 0 spiro atoms. The average Bonchev–Trinajstić information content (AvgIpc) is 2.22. The van der Waals surface area contributed by atoms with Crippen LogP contribution in [0.25, 0.3) is 6.08 Å². The molecule has 0 amide bonds. The Balaban J connectivity index is 0.000000671. The van der Waals surface area contributed by atoms with Gasteiger partial charge < -0.3 is 0 Å². The van der Waals surface area contributed by atoms with Gasteiger partial charge in [0.05, 0.1) is 0 Å². The molecule has 0 N–H and O–H groups in total. The molecule has 0 heterocycles. The Bertz CT molecular complexity index is 246. The van der Waals surface area contributed by atoms with Gasteiger partial charge in [-0.3, -0.25) is 0 Å². The zero-order chi connectivity index (χ0) is 10.1. The lowest BCUT2D eigenvalue weighted by Gasteiger charge is -2.00. The van der Waals surface area contributed by atoms with Gasteiger partial charge in [-0.2, -0.15) is 0 Å². The van der Waals surface area contributed by atoms with Gasteiger partial charge in [0.2, 0.25) is 0 Å². The van der Waals surface area contributed by atoms with Crippen molar-refractivity contribution in [1.82, 2.24) is 0 Å². The zero-order valence-electron chi connectivity index (χ0n) is 9.17. The average molecular weight is 176 g/mol. The minimum atomic E-state index is 1.11. The molecule has 1 aromatic carbocycles. The Morgan fingerprint density at radius 2 is 1.77 bits per heavy atom. The van der Waals surface area contributed by atoms with Gasteiger partial charge in [-0.15, -0.1) is 0 Å². The van der Waals surface area contributed by atoms with Crippen molar-refractivity contribution in [3.63, 3.8) is 0 Å². The first-order valence-corrected chi connectivity index (χ1v) is 5.09. The summed E-state index contributed by atoms with van der Waals surface area (Å²) in [6.45, 7) is 8.23. The maximum absolute atomic E-state index is 2.18. The van der Waals surface area contributed by atoms with E-state index in [-0.39, 0.29) is 0 Å². The van der Waals surface area contributed by atoms with E-state index < -0.39 is 0 Å². The van der Waals surface area contributed by atoms with Gasteiger partial charge in [0.15, 0.2) is 0 Å². The zero-order valence-corrected chi connectivity index (χ0v) is 9.17. The topological polar surface area (TPSA) is 0 Å². The molecule has 0 aliphatic heterocycles. The van der Waals surface area contributed by atoms with Crippen molar-refractivity contribution in [1.29, 1.82) is 0 Å². The van der Waals surface area contributed by atoms with Crippen LogP contribution < -0.4 is 0 Å². The van der Waals surface area contributed by atoms with Gasteiger partial charge in [0, 0.05) is 0 Å². The van der Waals surface area contributed by atoms with Crippen LogP contribution in [0.3, 0.4) is 0 Å². The molecule has 0 unspecified atom stereocenters. The summed E-state index contributed by atoms with van der Waals surface area (Å²) < 4.78 is 0. The molecule has 13 heavy (non-hydrogen) atoms. The lowest BCUT2D eigenvalue weighted by atomic mass is 10.1. The Morgan fingerprint density at radius 3 is 2.31 bits per heavy atom. The summed E-state index contributed by atoms with van der Waals surface area (Å²) in [5.41, 5.74) is 2.77. The third kappa shape index (κ3) is 3.93. The first kappa shape index (κ1) is 12.0. The van der Waals surface area contributed by atoms with Crippen molar-refractivity contribution >= 4 is 6.08 Å². The number of hydrogen-bond acceptors (Lipinski definition) is 0. The van der Waals surface area contributed by atoms with Crippen LogP contribution in [-0.2, 0) is 6.42 Å². The molecule has 72 valence electrons. The molecule has 1 aromatic rings. The number of benzene rings is 1. The largest absolute Gasteiger partial charge is 0.0871 e. The van der Waals surface area contributed by atoms with E-state index in [9.17, 15) is 0 Å². The third-order valence-electron chi connectivity index (χ3n) is 1.78. The molecule has 0 aliphatic carbocycles. The fraction of sp³-hybridized carbons (Fsp3) is 0.385. The maximum atomic E-state index is 2.18.